The molecule has 1 aromatic rings. The van der Waals surface area contributed by atoms with E-state index in [1.54, 1.807) is 13.2 Å². The molecular formula is C8H11NO2. The molecule has 3 N–H and O–H groups in total. The fraction of sp³-hybridized carbons (Fsp3) is 0.250. The molecule has 0 heterocycles. The van der Waals surface area contributed by atoms with E-state index in [1.807, 2.05) is 6.92 Å². The summed E-state index contributed by atoms with van der Waals surface area (Å²) in [4.78, 5) is 0. The van der Waals surface area contributed by atoms with Gasteiger partial charge in [0.1, 0.15) is 11.5 Å². The van der Waals surface area contributed by atoms with Gasteiger partial charge in [-0.15, -0.1) is 0 Å². The number of ether oxygens (including phenoxy) is 1. The summed E-state index contributed by atoms with van der Waals surface area (Å²) >= 11 is 0. The molecule has 1 rings (SSSR count). The third-order valence-corrected chi connectivity index (χ3v) is 1.49. The van der Waals surface area contributed by atoms with Crippen molar-refractivity contribution in [1.82, 2.24) is 0 Å². The molecule has 0 radical (unpaired) electrons. The van der Waals surface area contributed by atoms with Gasteiger partial charge < -0.3 is 15.6 Å². The molecule has 0 aliphatic heterocycles. The molecule has 0 spiro atoms. The first-order chi connectivity index (χ1) is 5.15. The number of phenols is 1. The van der Waals surface area contributed by atoms with Crippen LogP contribution >= 0.6 is 0 Å². The minimum atomic E-state index is 0.167. The molecule has 60 valence electrons. The molecule has 0 aliphatic carbocycles. The maximum absolute atomic E-state index is 9.08. The van der Waals surface area contributed by atoms with Crippen molar-refractivity contribution < 1.29 is 9.84 Å². The van der Waals surface area contributed by atoms with Crippen molar-refractivity contribution in [3.8, 4) is 11.5 Å². The van der Waals surface area contributed by atoms with Gasteiger partial charge in [-0.25, -0.2) is 0 Å². The highest BCUT2D eigenvalue weighted by Crippen LogP contribution is 2.29. The van der Waals surface area contributed by atoms with E-state index in [0.717, 1.165) is 5.56 Å². The third kappa shape index (κ3) is 1.37. The summed E-state index contributed by atoms with van der Waals surface area (Å²) in [5, 5.41) is 9.08. The van der Waals surface area contributed by atoms with Gasteiger partial charge in [0.15, 0.2) is 0 Å². The number of methoxy groups -OCH3 is 1. The largest absolute Gasteiger partial charge is 0.508 e. The summed E-state index contributed by atoms with van der Waals surface area (Å²) in [6.07, 6.45) is 0. The Hall–Kier alpha value is -1.38. The van der Waals surface area contributed by atoms with Gasteiger partial charge in [-0.2, -0.15) is 0 Å². The number of nitrogens with two attached hydrogens (primary N) is 1. The molecule has 0 unspecified atom stereocenters. The van der Waals surface area contributed by atoms with Gasteiger partial charge in [0.05, 0.1) is 12.8 Å². The fourth-order valence-electron chi connectivity index (χ4n) is 1.06. The number of hydrogen-bond acceptors (Lipinski definition) is 3. The van der Waals surface area contributed by atoms with Crippen molar-refractivity contribution in [2.45, 2.75) is 6.92 Å². The number of benzene rings is 1. The summed E-state index contributed by atoms with van der Waals surface area (Å²) in [5.41, 5.74) is 6.85. The zero-order chi connectivity index (χ0) is 8.43. The lowest BCUT2D eigenvalue weighted by molar-refractivity contribution is 0.411. The molecule has 0 saturated heterocycles. The quantitative estimate of drug-likeness (QED) is 0.598. The second kappa shape index (κ2) is 2.70. The SMILES string of the molecule is COc1c(C)cc(O)cc1N. The van der Waals surface area contributed by atoms with Crippen LogP contribution in [-0.2, 0) is 0 Å². The number of aryl methyl sites for hydroxylation is 1. The highest BCUT2D eigenvalue weighted by molar-refractivity contribution is 5.59. The maximum atomic E-state index is 9.08. The van der Waals surface area contributed by atoms with Crippen LogP contribution in [0, 0.1) is 6.92 Å². The lowest BCUT2D eigenvalue weighted by Crippen LogP contribution is -1.94. The van der Waals surface area contributed by atoms with Crippen LogP contribution in [0.1, 0.15) is 5.56 Å². The molecule has 3 heteroatoms. The fourth-order valence-corrected chi connectivity index (χ4v) is 1.06. The highest BCUT2D eigenvalue weighted by atomic mass is 16.5. The maximum Gasteiger partial charge on any atom is 0.144 e. The highest BCUT2D eigenvalue weighted by Gasteiger charge is 2.03. The summed E-state index contributed by atoms with van der Waals surface area (Å²) in [6, 6.07) is 3.07. The molecule has 0 atom stereocenters. The smallest absolute Gasteiger partial charge is 0.144 e. The predicted octanol–water partition coefficient (Wildman–Crippen LogP) is 1.29. The molecular weight excluding hydrogens is 142 g/mol. The Kier molecular flexibility index (Phi) is 1.89. The van der Waals surface area contributed by atoms with Crippen LogP contribution in [-0.4, -0.2) is 12.2 Å². The van der Waals surface area contributed by atoms with E-state index in [2.05, 4.69) is 0 Å². The molecule has 0 fully saturated rings. The van der Waals surface area contributed by atoms with Gasteiger partial charge in [-0.3, -0.25) is 0 Å². The second-order valence-electron chi connectivity index (χ2n) is 2.39. The average molecular weight is 153 g/mol. The minimum Gasteiger partial charge on any atom is -0.508 e. The van der Waals surface area contributed by atoms with Crippen molar-refractivity contribution in [2.24, 2.45) is 0 Å². The summed E-state index contributed by atoms with van der Waals surface area (Å²) < 4.78 is 4.99. The molecule has 0 saturated carbocycles. The van der Waals surface area contributed by atoms with Gasteiger partial charge in [0, 0.05) is 6.07 Å². The number of nitrogen functional groups attached to an aromatic ring is 1. The monoisotopic (exact) mass is 153 g/mol. The standard InChI is InChI=1S/C8H11NO2/c1-5-3-6(10)4-7(9)8(5)11-2/h3-4,10H,9H2,1-2H3. The van der Waals surface area contributed by atoms with E-state index < -0.39 is 0 Å². The van der Waals surface area contributed by atoms with Crippen molar-refractivity contribution in [1.29, 1.82) is 0 Å². The van der Waals surface area contributed by atoms with Crippen LogP contribution in [0.15, 0.2) is 12.1 Å². The number of anilines is 1. The van der Waals surface area contributed by atoms with E-state index >= 15 is 0 Å². The number of hydrogen-bond donors (Lipinski definition) is 2. The van der Waals surface area contributed by atoms with Gasteiger partial charge in [-0.1, -0.05) is 0 Å². The number of aromatic hydroxyl groups is 1. The van der Waals surface area contributed by atoms with Crippen LogP contribution in [0.3, 0.4) is 0 Å². The Bertz CT molecular complexity index is 248. The van der Waals surface area contributed by atoms with Crippen LogP contribution in [0.2, 0.25) is 0 Å². The van der Waals surface area contributed by atoms with Gasteiger partial charge in [0.2, 0.25) is 0 Å². The van der Waals surface area contributed by atoms with Crippen molar-refractivity contribution in [3.63, 3.8) is 0 Å². The summed E-state index contributed by atoms with van der Waals surface area (Å²) in [7, 11) is 1.55. The minimum absolute atomic E-state index is 0.167. The molecule has 1 aromatic carbocycles. The molecule has 0 amide bonds. The van der Waals surface area contributed by atoms with Crippen LogP contribution in [0.25, 0.3) is 0 Å². The Morgan fingerprint density at radius 1 is 1.45 bits per heavy atom. The van der Waals surface area contributed by atoms with Crippen LogP contribution in [0.5, 0.6) is 11.5 Å². The molecule has 3 nitrogen and oxygen atoms in total. The third-order valence-electron chi connectivity index (χ3n) is 1.49. The first-order valence-corrected chi connectivity index (χ1v) is 3.28. The molecule has 0 aromatic heterocycles. The van der Waals surface area contributed by atoms with Crippen molar-refractivity contribution >= 4 is 5.69 Å². The van der Waals surface area contributed by atoms with Crippen molar-refractivity contribution in [2.75, 3.05) is 12.8 Å². The predicted molar refractivity (Wildman–Crippen MR) is 43.8 cm³/mol. The van der Waals surface area contributed by atoms with E-state index in [1.165, 1.54) is 6.07 Å². The van der Waals surface area contributed by atoms with Gasteiger partial charge in [-0.05, 0) is 18.6 Å². The van der Waals surface area contributed by atoms with Gasteiger partial charge >= 0.3 is 0 Å². The van der Waals surface area contributed by atoms with E-state index in [-0.39, 0.29) is 5.75 Å². The Balaban J connectivity index is 3.25. The van der Waals surface area contributed by atoms with Crippen molar-refractivity contribution in [3.05, 3.63) is 17.7 Å². The van der Waals surface area contributed by atoms with E-state index in [9.17, 15) is 0 Å². The van der Waals surface area contributed by atoms with E-state index in [0.29, 0.717) is 11.4 Å². The van der Waals surface area contributed by atoms with Crippen LogP contribution < -0.4 is 10.5 Å². The first-order valence-electron chi connectivity index (χ1n) is 3.28. The first kappa shape index (κ1) is 7.72. The lowest BCUT2D eigenvalue weighted by atomic mass is 10.2. The second-order valence-corrected chi connectivity index (χ2v) is 2.39. The Morgan fingerprint density at radius 3 is 2.55 bits per heavy atom. The van der Waals surface area contributed by atoms with E-state index in [4.69, 9.17) is 15.6 Å². The number of phenolic OH excluding ortho intramolecular Hbond substituents is 1. The summed E-state index contributed by atoms with van der Waals surface area (Å²) in [5.74, 6) is 0.795. The molecule has 0 aliphatic rings. The Morgan fingerprint density at radius 2 is 2.09 bits per heavy atom. The van der Waals surface area contributed by atoms with Gasteiger partial charge in [0.25, 0.3) is 0 Å². The molecule has 11 heavy (non-hydrogen) atoms. The van der Waals surface area contributed by atoms with Crippen LogP contribution in [0.4, 0.5) is 5.69 Å². The zero-order valence-electron chi connectivity index (χ0n) is 6.59. The average Bonchev–Trinajstić information content (AvgIpc) is 1.85. The zero-order valence-corrected chi connectivity index (χ0v) is 6.59. The lowest BCUT2D eigenvalue weighted by Gasteiger charge is -2.07. The normalized spacial score (nSPS) is 9.64. The number of rotatable bonds is 1. The Labute approximate surface area is 65.4 Å². The molecule has 0 bridgehead atoms. The topological polar surface area (TPSA) is 55.5 Å². The summed E-state index contributed by atoms with van der Waals surface area (Å²) in [6.45, 7) is 1.83.